The number of hydrogen-bond acceptors (Lipinski definition) is 5. The number of hydrogen-bond donors (Lipinski definition) is 2. The fourth-order valence-electron chi connectivity index (χ4n) is 3.26. The predicted octanol–water partition coefficient (Wildman–Crippen LogP) is 4.49. The van der Waals surface area contributed by atoms with E-state index in [-0.39, 0.29) is 17.8 Å². The van der Waals surface area contributed by atoms with Gasteiger partial charge in [0.1, 0.15) is 10.6 Å². The summed E-state index contributed by atoms with van der Waals surface area (Å²) in [5, 5.41) is 14.3. The standard InChI is InChI=1S/C21H21NO5S/c1-2-27-21(26)17-16(13-8-4-3-5-9-13)12-28-19(17)22-18(23)14-10-6-7-11-15(14)20(24)25/h3-5,8-9,12H,2,6-7,10-11H2,1H3,(H,22,23)(H,24,25). The van der Waals surface area contributed by atoms with Crippen LogP contribution < -0.4 is 5.32 Å². The summed E-state index contributed by atoms with van der Waals surface area (Å²) >= 11 is 1.22. The highest BCUT2D eigenvalue weighted by molar-refractivity contribution is 7.15. The molecular formula is C21H21NO5S. The number of anilines is 1. The van der Waals surface area contributed by atoms with E-state index in [9.17, 15) is 19.5 Å². The lowest BCUT2D eigenvalue weighted by Gasteiger charge is -2.17. The third kappa shape index (κ3) is 4.14. The van der Waals surface area contributed by atoms with Crippen molar-refractivity contribution in [3.8, 4) is 11.1 Å². The normalized spacial score (nSPS) is 13.9. The molecule has 1 heterocycles. The summed E-state index contributed by atoms with van der Waals surface area (Å²) in [4.78, 5) is 36.8. The zero-order valence-electron chi connectivity index (χ0n) is 15.5. The third-order valence-corrected chi connectivity index (χ3v) is 5.48. The molecule has 6 nitrogen and oxygen atoms in total. The molecule has 0 saturated heterocycles. The molecule has 2 N–H and O–H groups in total. The first-order valence-corrected chi connectivity index (χ1v) is 10.0. The van der Waals surface area contributed by atoms with Crippen LogP contribution in [0.4, 0.5) is 5.00 Å². The average molecular weight is 399 g/mol. The number of nitrogens with one attached hydrogen (secondary N) is 1. The van der Waals surface area contributed by atoms with Gasteiger partial charge in [0.05, 0.1) is 6.61 Å². The molecule has 0 spiro atoms. The van der Waals surface area contributed by atoms with Crippen LogP contribution in [0.25, 0.3) is 11.1 Å². The smallest absolute Gasteiger partial charge is 0.341 e. The maximum Gasteiger partial charge on any atom is 0.341 e. The summed E-state index contributed by atoms with van der Waals surface area (Å²) in [6.07, 6.45) is 2.31. The summed E-state index contributed by atoms with van der Waals surface area (Å²) in [5.41, 5.74) is 2.24. The molecular weight excluding hydrogens is 378 g/mol. The number of ether oxygens (including phenoxy) is 1. The minimum absolute atomic E-state index is 0.154. The first-order valence-electron chi connectivity index (χ1n) is 9.13. The van der Waals surface area contributed by atoms with Crippen LogP contribution in [0, 0.1) is 0 Å². The molecule has 2 aromatic rings. The van der Waals surface area contributed by atoms with Crippen molar-refractivity contribution in [2.24, 2.45) is 0 Å². The van der Waals surface area contributed by atoms with E-state index in [4.69, 9.17) is 4.74 Å². The van der Waals surface area contributed by atoms with Gasteiger partial charge in [-0.15, -0.1) is 11.3 Å². The van der Waals surface area contributed by atoms with E-state index >= 15 is 0 Å². The van der Waals surface area contributed by atoms with Gasteiger partial charge >= 0.3 is 11.9 Å². The van der Waals surface area contributed by atoms with Crippen LogP contribution in [0.5, 0.6) is 0 Å². The third-order valence-electron chi connectivity index (χ3n) is 4.58. The van der Waals surface area contributed by atoms with E-state index in [2.05, 4.69) is 5.32 Å². The van der Waals surface area contributed by atoms with Crippen LogP contribution in [-0.4, -0.2) is 29.6 Å². The van der Waals surface area contributed by atoms with Gasteiger partial charge in [-0.2, -0.15) is 0 Å². The highest BCUT2D eigenvalue weighted by atomic mass is 32.1. The molecule has 1 amide bonds. The minimum Gasteiger partial charge on any atom is -0.478 e. The molecule has 0 radical (unpaired) electrons. The Morgan fingerprint density at radius 3 is 2.43 bits per heavy atom. The molecule has 0 aliphatic heterocycles. The summed E-state index contributed by atoms with van der Waals surface area (Å²) in [7, 11) is 0. The Hall–Kier alpha value is -2.93. The van der Waals surface area contributed by atoms with E-state index in [0.29, 0.717) is 29.0 Å². The Kier molecular flexibility index (Phi) is 6.26. The molecule has 0 bridgehead atoms. The molecule has 1 aliphatic rings. The van der Waals surface area contributed by atoms with Gasteiger partial charge in [-0.1, -0.05) is 30.3 Å². The lowest BCUT2D eigenvalue weighted by molar-refractivity contribution is -0.133. The van der Waals surface area contributed by atoms with Crippen molar-refractivity contribution in [1.29, 1.82) is 0 Å². The summed E-state index contributed by atoms with van der Waals surface area (Å²) in [6.45, 7) is 1.93. The lowest BCUT2D eigenvalue weighted by atomic mass is 9.91. The van der Waals surface area contributed by atoms with Crippen molar-refractivity contribution >= 4 is 34.2 Å². The van der Waals surface area contributed by atoms with Crippen molar-refractivity contribution in [2.45, 2.75) is 32.6 Å². The zero-order valence-corrected chi connectivity index (χ0v) is 16.3. The van der Waals surface area contributed by atoms with Crippen LogP contribution in [-0.2, 0) is 14.3 Å². The molecule has 3 rings (SSSR count). The van der Waals surface area contributed by atoms with E-state index < -0.39 is 17.8 Å². The quantitative estimate of drug-likeness (QED) is 0.699. The monoisotopic (exact) mass is 399 g/mol. The number of amides is 1. The van der Waals surface area contributed by atoms with E-state index in [1.54, 1.807) is 12.3 Å². The molecule has 1 aliphatic carbocycles. The Morgan fingerprint density at radius 1 is 1.11 bits per heavy atom. The molecule has 1 aromatic heterocycles. The summed E-state index contributed by atoms with van der Waals surface area (Å²) < 4.78 is 5.19. The second kappa shape index (κ2) is 8.84. The lowest BCUT2D eigenvalue weighted by Crippen LogP contribution is -2.22. The number of rotatable bonds is 6. The summed E-state index contributed by atoms with van der Waals surface area (Å²) in [5.74, 6) is -2.05. The van der Waals surface area contributed by atoms with Crippen LogP contribution in [0.2, 0.25) is 0 Å². The van der Waals surface area contributed by atoms with E-state index in [0.717, 1.165) is 18.4 Å². The molecule has 28 heavy (non-hydrogen) atoms. The number of benzene rings is 1. The van der Waals surface area contributed by atoms with Gasteiger partial charge in [-0.25, -0.2) is 9.59 Å². The van der Waals surface area contributed by atoms with Crippen molar-refractivity contribution < 1.29 is 24.2 Å². The Morgan fingerprint density at radius 2 is 1.79 bits per heavy atom. The van der Waals surface area contributed by atoms with Crippen LogP contribution >= 0.6 is 11.3 Å². The second-order valence-electron chi connectivity index (χ2n) is 6.36. The average Bonchev–Trinajstić information content (AvgIpc) is 3.12. The van der Waals surface area contributed by atoms with Gasteiger partial charge in [0.2, 0.25) is 0 Å². The highest BCUT2D eigenvalue weighted by Gasteiger charge is 2.27. The van der Waals surface area contributed by atoms with Gasteiger partial charge < -0.3 is 15.2 Å². The van der Waals surface area contributed by atoms with Crippen LogP contribution in [0.1, 0.15) is 43.0 Å². The first kappa shape index (κ1) is 19.8. The Labute approximate surface area is 166 Å². The minimum atomic E-state index is -1.06. The predicted molar refractivity (Wildman–Crippen MR) is 107 cm³/mol. The molecule has 0 saturated carbocycles. The zero-order chi connectivity index (χ0) is 20.1. The summed E-state index contributed by atoms with van der Waals surface area (Å²) in [6, 6.07) is 9.37. The molecule has 7 heteroatoms. The molecule has 0 atom stereocenters. The van der Waals surface area contributed by atoms with Crippen LogP contribution in [0.15, 0.2) is 46.9 Å². The number of carboxylic acids is 1. The number of esters is 1. The largest absolute Gasteiger partial charge is 0.478 e. The molecule has 146 valence electrons. The molecule has 1 aromatic carbocycles. The van der Waals surface area contributed by atoms with Crippen molar-refractivity contribution in [2.75, 3.05) is 11.9 Å². The SMILES string of the molecule is CCOC(=O)c1c(-c2ccccc2)csc1NC(=O)C1=C(C(=O)O)CCCC1. The van der Waals surface area contributed by atoms with Gasteiger partial charge in [0.25, 0.3) is 5.91 Å². The fraction of sp³-hybridized carbons (Fsp3) is 0.286. The maximum atomic E-state index is 12.8. The number of carbonyl (C=O) groups excluding carboxylic acids is 2. The van der Waals surface area contributed by atoms with Crippen molar-refractivity contribution in [1.82, 2.24) is 0 Å². The molecule has 0 unspecified atom stereocenters. The first-order chi connectivity index (χ1) is 13.5. The Balaban J connectivity index is 1.98. The number of carbonyl (C=O) groups is 3. The highest BCUT2D eigenvalue weighted by Crippen LogP contribution is 2.37. The topological polar surface area (TPSA) is 92.7 Å². The fourth-order valence-corrected chi connectivity index (χ4v) is 4.21. The van der Waals surface area contributed by atoms with E-state index in [1.807, 2.05) is 30.3 Å². The van der Waals surface area contributed by atoms with Gasteiger partial charge in [0, 0.05) is 22.1 Å². The van der Waals surface area contributed by atoms with Gasteiger partial charge in [-0.05, 0) is 38.2 Å². The molecule has 0 fully saturated rings. The number of carboxylic acid groups (broad SMARTS) is 1. The van der Waals surface area contributed by atoms with Gasteiger partial charge in [-0.3, -0.25) is 4.79 Å². The second-order valence-corrected chi connectivity index (χ2v) is 7.24. The number of aliphatic carboxylic acids is 1. The van der Waals surface area contributed by atoms with E-state index in [1.165, 1.54) is 11.3 Å². The van der Waals surface area contributed by atoms with Gasteiger partial charge in [0.15, 0.2) is 0 Å². The number of thiophene rings is 1. The maximum absolute atomic E-state index is 12.8. The van der Waals surface area contributed by atoms with Crippen molar-refractivity contribution in [3.05, 3.63) is 52.4 Å². The van der Waals surface area contributed by atoms with Crippen LogP contribution in [0.3, 0.4) is 0 Å². The van der Waals surface area contributed by atoms with Crippen molar-refractivity contribution in [3.63, 3.8) is 0 Å². The Bertz CT molecular complexity index is 930.